The monoisotopic (exact) mass is 377 g/mol. The maximum Gasteiger partial charge on any atom is 0.270 e. The molecule has 28 heavy (non-hydrogen) atoms. The summed E-state index contributed by atoms with van der Waals surface area (Å²) in [6, 6.07) is 16.3. The zero-order valence-corrected chi connectivity index (χ0v) is 14.3. The first-order valence-corrected chi connectivity index (χ1v) is 8.00. The van der Waals surface area contributed by atoms with Crippen LogP contribution in [0.1, 0.15) is 5.76 Å². The van der Waals surface area contributed by atoms with Gasteiger partial charge in [-0.3, -0.25) is 14.9 Å². The minimum absolute atomic E-state index is 0.0506. The number of amides is 1. The van der Waals surface area contributed by atoms with Crippen molar-refractivity contribution in [3.8, 4) is 17.4 Å². The Morgan fingerprint density at radius 1 is 1.18 bits per heavy atom. The third-order valence-corrected chi connectivity index (χ3v) is 3.74. The van der Waals surface area contributed by atoms with Gasteiger partial charge in [-0.1, -0.05) is 24.3 Å². The van der Waals surface area contributed by atoms with E-state index in [1.54, 1.807) is 24.3 Å². The molecule has 0 fully saturated rings. The molecule has 0 aliphatic heterocycles. The van der Waals surface area contributed by atoms with Gasteiger partial charge >= 0.3 is 0 Å². The van der Waals surface area contributed by atoms with Crippen molar-refractivity contribution in [1.29, 1.82) is 5.26 Å². The van der Waals surface area contributed by atoms with Crippen molar-refractivity contribution < 1.29 is 18.5 Å². The molecule has 1 N–H and O–H groups in total. The lowest BCUT2D eigenvalue weighted by Gasteiger charge is -2.04. The lowest BCUT2D eigenvalue weighted by atomic mass is 10.1. The number of para-hydroxylation sites is 1. The molecule has 0 spiro atoms. The van der Waals surface area contributed by atoms with E-state index in [1.807, 2.05) is 0 Å². The minimum Gasteiger partial charge on any atom is -0.457 e. The van der Waals surface area contributed by atoms with Crippen LogP contribution in [0.15, 0.2) is 70.7 Å². The quantitative estimate of drug-likeness (QED) is 0.304. The van der Waals surface area contributed by atoms with Crippen molar-refractivity contribution in [3.63, 3.8) is 0 Å². The summed E-state index contributed by atoms with van der Waals surface area (Å²) in [5.41, 5.74) is 0.0460. The molecule has 1 amide bonds. The molecule has 0 aliphatic carbocycles. The Labute approximate surface area is 158 Å². The molecule has 0 saturated heterocycles. The average Bonchev–Trinajstić information content (AvgIpc) is 3.16. The van der Waals surface area contributed by atoms with Gasteiger partial charge in [0.05, 0.1) is 10.6 Å². The highest BCUT2D eigenvalue weighted by Crippen LogP contribution is 2.26. The van der Waals surface area contributed by atoms with Crippen molar-refractivity contribution in [3.05, 3.63) is 87.9 Å². The number of rotatable bonds is 5. The number of anilines is 1. The van der Waals surface area contributed by atoms with E-state index in [2.05, 4.69) is 5.32 Å². The van der Waals surface area contributed by atoms with Crippen LogP contribution in [0.3, 0.4) is 0 Å². The number of nitrogens with zero attached hydrogens (tertiary/aromatic N) is 2. The van der Waals surface area contributed by atoms with E-state index >= 15 is 0 Å². The highest BCUT2D eigenvalue weighted by Gasteiger charge is 2.14. The third-order valence-electron chi connectivity index (χ3n) is 3.74. The summed E-state index contributed by atoms with van der Waals surface area (Å²) in [6.07, 6.45) is 1.21. The van der Waals surface area contributed by atoms with E-state index < -0.39 is 16.6 Å². The van der Waals surface area contributed by atoms with E-state index in [4.69, 9.17) is 4.42 Å². The maximum atomic E-state index is 13.6. The van der Waals surface area contributed by atoms with Crippen LogP contribution >= 0.6 is 0 Å². The summed E-state index contributed by atoms with van der Waals surface area (Å²) in [4.78, 5) is 22.6. The van der Waals surface area contributed by atoms with Gasteiger partial charge in [-0.15, -0.1) is 0 Å². The first kappa shape index (κ1) is 18.5. The van der Waals surface area contributed by atoms with Gasteiger partial charge in [0.25, 0.3) is 11.6 Å². The minimum atomic E-state index is -0.791. The van der Waals surface area contributed by atoms with E-state index in [1.165, 1.54) is 48.5 Å². The molecule has 7 nitrogen and oxygen atoms in total. The lowest BCUT2D eigenvalue weighted by Crippen LogP contribution is -2.14. The second kappa shape index (κ2) is 7.97. The highest BCUT2D eigenvalue weighted by molar-refractivity contribution is 6.09. The Bertz CT molecular complexity index is 1130. The molecule has 3 rings (SSSR count). The first-order chi connectivity index (χ1) is 13.5. The molecule has 2 aromatic carbocycles. The van der Waals surface area contributed by atoms with Crippen molar-refractivity contribution in [1.82, 2.24) is 0 Å². The summed E-state index contributed by atoms with van der Waals surface area (Å²) >= 11 is 0. The fourth-order valence-corrected chi connectivity index (χ4v) is 2.40. The zero-order chi connectivity index (χ0) is 20.1. The van der Waals surface area contributed by atoms with E-state index in [9.17, 15) is 24.6 Å². The fourth-order valence-electron chi connectivity index (χ4n) is 2.40. The summed E-state index contributed by atoms with van der Waals surface area (Å²) in [5, 5.41) is 22.4. The van der Waals surface area contributed by atoms with Crippen LogP contribution in [0.5, 0.6) is 0 Å². The fraction of sp³-hybridized carbons (Fsp3) is 0. The van der Waals surface area contributed by atoms with Crippen molar-refractivity contribution >= 4 is 23.4 Å². The standard InChI is InChI=1S/C20H12FN3O4/c21-17-6-1-2-7-18(17)23-20(25)14(12-22)11-16-8-9-19(28-16)13-4-3-5-15(10-13)24(26)27/h1-11H,(H,23,25)/b14-11+. The Balaban J connectivity index is 1.83. The number of hydrogen-bond donors (Lipinski definition) is 1. The SMILES string of the molecule is N#C/C(=C\c1ccc(-c2cccc([N+](=O)[O-])c2)o1)C(=O)Nc1ccccc1F. The highest BCUT2D eigenvalue weighted by atomic mass is 19.1. The summed E-state index contributed by atoms with van der Waals surface area (Å²) in [5.74, 6) is -0.886. The van der Waals surface area contributed by atoms with Crippen molar-refractivity contribution in [2.75, 3.05) is 5.32 Å². The summed E-state index contributed by atoms with van der Waals surface area (Å²) in [7, 11) is 0. The molecule has 8 heteroatoms. The summed E-state index contributed by atoms with van der Waals surface area (Å²) < 4.78 is 19.2. The number of carbonyl (C=O) groups excluding carboxylic acids is 1. The second-order valence-electron chi connectivity index (χ2n) is 5.61. The van der Waals surface area contributed by atoms with Gasteiger partial charge in [-0.2, -0.15) is 5.26 Å². The van der Waals surface area contributed by atoms with Gasteiger partial charge in [0, 0.05) is 23.8 Å². The predicted molar refractivity (Wildman–Crippen MR) is 99.4 cm³/mol. The first-order valence-electron chi connectivity index (χ1n) is 8.00. The van der Waals surface area contributed by atoms with Crippen LogP contribution < -0.4 is 5.32 Å². The van der Waals surface area contributed by atoms with E-state index in [0.717, 1.165) is 0 Å². The van der Waals surface area contributed by atoms with Crippen molar-refractivity contribution in [2.45, 2.75) is 0 Å². The number of halogens is 1. The van der Waals surface area contributed by atoms with Crippen LogP contribution in [0.2, 0.25) is 0 Å². The number of nitro benzene ring substituents is 1. The Morgan fingerprint density at radius 2 is 1.96 bits per heavy atom. The molecule has 0 atom stereocenters. The number of furan rings is 1. The smallest absolute Gasteiger partial charge is 0.270 e. The predicted octanol–water partition coefficient (Wildman–Crippen LogP) is 4.54. The Hall–Kier alpha value is -4.25. The van der Waals surface area contributed by atoms with E-state index in [-0.39, 0.29) is 22.7 Å². The van der Waals surface area contributed by atoms with Gasteiger partial charge in [0.15, 0.2) is 0 Å². The third kappa shape index (κ3) is 4.11. The number of benzene rings is 2. The number of nitro groups is 1. The van der Waals surface area contributed by atoms with Crippen LogP contribution in [-0.4, -0.2) is 10.8 Å². The number of nitrogens with one attached hydrogen (secondary N) is 1. The van der Waals surface area contributed by atoms with E-state index in [0.29, 0.717) is 11.3 Å². The molecule has 0 unspecified atom stereocenters. The lowest BCUT2D eigenvalue weighted by molar-refractivity contribution is -0.384. The number of carbonyl (C=O) groups is 1. The van der Waals surface area contributed by atoms with Gasteiger partial charge in [-0.05, 0) is 24.3 Å². The average molecular weight is 377 g/mol. The molecule has 0 bridgehead atoms. The largest absolute Gasteiger partial charge is 0.457 e. The second-order valence-corrected chi connectivity index (χ2v) is 5.61. The molecule has 1 heterocycles. The van der Waals surface area contributed by atoms with Crippen LogP contribution in [-0.2, 0) is 4.79 Å². The number of nitriles is 1. The maximum absolute atomic E-state index is 13.6. The van der Waals surface area contributed by atoms with Crippen LogP contribution in [0.25, 0.3) is 17.4 Å². The summed E-state index contributed by atoms with van der Waals surface area (Å²) in [6.45, 7) is 0. The van der Waals surface area contributed by atoms with Gasteiger partial charge < -0.3 is 9.73 Å². The molecule has 0 radical (unpaired) electrons. The molecule has 0 saturated carbocycles. The topological polar surface area (TPSA) is 109 Å². The normalized spacial score (nSPS) is 10.9. The van der Waals surface area contributed by atoms with Crippen molar-refractivity contribution in [2.24, 2.45) is 0 Å². The van der Waals surface area contributed by atoms with Crippen LogP contribution in [0, 0.1) is 27.3 Å². The Morgan fingerprint density at radius 3 is 2.68 bits per heavy atom. The molecule has 138 valence electrons. The van der Waals surface area contributed by atoms with Gasteiger partial charge in [-0.25, -0.2) is 4.39 Å². The molecular weight excluding hydrogens is 365 g/mol. The van der Waals surface area contributed by atoms with Crippen LogP contribution in [0.4, 0.5) is 15.8 Å². The molecule has 1 aromatic heterocycles. The number of hydrogen-bond acceptors (Lipinski definition) is 5. The molecular formula is C20H12FN3O4. The van der Waals surface area contributed by atoms with Gasteiger partial charge in [0.1, 0.15) is 29.0 Å². The zero-order valence-electron chi connectivity index (χ0n) is 14.3. The Kier molecular flexibility index (Phi) is 5.28. The molecule has 0 aliphatic rings. The number of non-ortho nitro benzene ring substituents is 1. The van der Waals surface area contributed by atoms with Gasteiger partial charge in [0.2, 0.25) is 0 Å². The molecule has 3 aromatic rings.